The number of fused-ring (bicyclic) bond motifs is 2. The number of aryl methyl sites for hydroxylation is 1. The molecule has 0 amide bonds. The second kappa shape index (κ2) is 10.1. The van der Waals surface area contributed by atoms with Crippen LogP contribution >= 0.6 is 0 Å². The van der Waals surface area contributed by atoms with E-state index in [4.69, 9.17) is 13.6 Å². The number of aromatic nitrogens is 2. The van der Waals surface area contributed by atoms with Crippen molar-refractivity contribution in [2.24, 2.45) is 5.92 Å². The molecule has 1 fully saturated rings. The van der Waals surface area contributed by atoms with Crippen molar-refractivity contribution in [3.8, 4) is 0 Å². The molecule has 2 aromatic heterocycles. The maximum Gasteiger partial charge on any atom is 0.264 e. The van der Waals surface area contributed by atoms with Crippen LogP contribution in [-0.2, 0) is 25.1 Å². The van der Waals surface area contributed by atoms with Gasteiger partial charge in [-0.2, -0.15) is 8.42 Å². The first-order valence-corrected chi connectivity index (χ1v) is 18.4. The van der Waals surface area contributed by atoms with Crippen molar-refractivity contribution in [1.29, 1.82) is 0 Å². The summed E-state index contributed by atoms with van der Waals surface area (Å²) in [5.41, 5.74) is 3.91. The van der Waals surface area contributed by atoms with Crippen molar-refractivity contribution in [3.05, 3.63) is 59.9 Å². The Morgan fingerprint density at radius 2 is 1.89 bits per heavy atom. The first-order chi connectivity index (χ1) is 17.8. The highest BCUT2D eigenvalue weighted by molar-refractivity contribution is 7.85. The number of pyridine rings is 1. The molecule has 7 nitrogen and oxygen atoms in total. The van der Waals surface area contributed by atoms with Crippen LogP contribution in [0, 0.1) is 5.92 Å². The van der Waals surface area contributed by atoms with Gasteiger partial charge in [0.05, 0.1) is 30.5 Å². The van der Waals surface area contributed by atoms with Crippen molar-refractivity contribution in [3.63, 3.8) is 0 Å². The van der Waals surface area contributed by atoms with Crippen molar-refractivity contribution >= 4 is 35.2 Å². The fourth-order valence-electron chi connectivity index (χ4n) is 5.76. The Bertz CT molecular complexity index is 1410. The van der Waals surface area contributed by atoms with E-state index in [-0.39, 0.29) is 35.8 Å². The van der Waals surface area contributed by atoms with Crippen LogP contribution in [0.3, 0.4) is 0 Å². The summed E-state index contributed by atoms with van der Waals surface area (Å²) in [5.74, 6) is 0.919. The third-order valence-electron chi connectivity index (χ3n) is 8.84. The molecule has 1 N–H and O–H groups in total. The number of hydrogen-bond acceptors (Lipinski definition) is 6. The molecule has 2 aliphatic rings. The SMILES string of the molecule is CC(C)(C)[Si](C)(C)O[C@H]1C[C@H](n2ccc3c(N[C@H]4CCc5ccccc54)nccc32)C[C@H]1COS(C)(=O)=O. The molecule has 2 heterocycles. The van der Waals surface area contributed by atoms with Gasteiger partial charge in [-0.1, -0.05) is 45.0 Å². The number of rotatable bonds is 8. The van der Waals surface area contributed by atoms with Gasteiger partial charge in [0, 0.05) is 29.7 Å². The maximum absolute atomic E-state index is 11.8. The summed E-state index contributed by atoms with van der Waals surface area (Å²) in [4.78, 5) is 4.71. The molecule has 0 aliphatic heterocycles. The van der Waals surface area contributed by atoms with E-state index in [1.165, 1.54) is 11.1 Å². The Balaban J connectivity index is 1.40. The highest BCUT2D eigenvalue weighted by Crippen LogP contribution is 2.45. The van der Waals surface area contributed by atoms with E-state index in [1.807, 2.05) is 6.20 Å². The van der Waals surface area contributed by atoms with E-state index in [0.717, 1.165) is 48.7 Å². The summed E-state index contributed by atoms with van der Waals surface area (Å²) in [5, 5.41) is 4.89. The zero-order valence-corrected chi connectivity index (χ0v) is 25.2. The minimum atomic E-state index is -3.52. The first kappa shape index (κ1) is 27.4. The predicted octanol–water partition coefficient (Wildman–Crippen LogP) is 6.45. The van der Waals surface area contributed by atoms with Gasteiger partial charge in [-0.05, 0) is 67.1 Å². The lowest BCUT2D eigenvalue weighted by Gasteiger charge is -2.39. The largest absolute Gasteiger partial charge is 0.413 e. The third-order valence-corrected chi connectivity index (χ3v) is 13.9. The smallest absolute Gasteiger partial charge is 0.264 e. The average Bonchev–Trinajstić information content (AvgIpc) is 3.54. The number of nitrogens with one attached hydrogen (secondary N) is 1. The lowest BCUT2D eigenvalue weighted by molar-refractivity contribution is 0.108. The molecule has 5 rings (SSSR count). The van der Waals surface area contributed by atoms with Crippen LogP contribution < -0.4 is 5.32 Å². The van der Waals surface area contributed by atoms with Crippen LogP contribution in [0.25, 0.3) is 10.9 Å². The van der Waals surface area contributed by atoms with Crippen LogP contribution in [0.15, 0.2) is 48.8 Å². The van der Waals surface area contributed by atoms with Gasteiger partial charge in [-0.25, -0.2) is 4.98 Å². The molecule has 9 heteroatoms. The molecule has 1 aromatic carbocycles. The van der Waals surface area contributed by atoms with E-state index in [1.54, 1.807) is 0 Å². The summed E-state index contributed by atoms with van der Waals surface area (Å²) in [6.45, 7) is 11.4. The molecule has 1 saturated carbocycles. The van der Waals surface area contributed by atoms with E-state index >= 15 is 0 Å². The maximum atomic E-state index is 11.8. The van der Waals surface area contributed by atoms with Crippen LogP contribution in [0.2, 0.25) is 18.1 Å². The van der Waals surface area contributed by atoms with Crippen molar-refractivity contribution in [1.82, 2.24) is 9.55 Å². The zero-order valence-electron chi connectivity index (χ0n) is 23.4. The molecule has 4 atom stereocenters. The number of nitrogens with zero attached hydrogens (tertiary/aromatic N) is 2. The Morgan fingerprint density at radius 3 is 2.63 bits per heavy atom. The first-order valence-electron chi connectivity index (χ1n) is 13.6. The Labute approximate surface area is 228 Å². The summed E-state index contributed by atoms with van der Waals surface area (Å²) >= 11 is 0. The molecule has 0 unspecified atom stereocenters. The van der Waals surface area contributed by atoms with Crippen LogP contribution in [0.5, 0.6) is 0 Å². The summed E-state index contributed by atoms with van der Waals surface area (Å²) in [6, 6.07) is 13.3. The molecule has 38 heavy (non-hydrogen) atoms. The van der Waals surface area contributed by atoms with Gasteiger partial charge in [0.25, 0.3) is 10.1 Å². The van der Waals surface area contributed by atoms with E-state index in [2.05, 4.69) is 86.3 Å². The molecule has 0 radical (unpaired) electrons. The molecule has 3 aromatic rings. The Hall–Kier alpha value is -2.20. The molecular weight excluding hydrogens is 514 g/mol. The normalized spacial score (nSPS) is 24.2. The lowest BCUT2D eigenvalue weighted by atomic mass is 10.1. The van der Waals surface area contributed by atoms with Gasteiger partial charge in [0.1, 0.15) is 5.82 Å². The van der Waals surface area contributed by atoms with Gasteiger partial charge in [0.15, 0.2) is 8.32 Å². The molecule has 0 spiro atoms. The number of hydrogen-bond donors (Lipinski definition) is 1. The second-order valence-electron chi connectivity index (χ2n) is 12.5. The molecule has 2 aliphatic carbocycles. The predicted molar refractivity (Wildman–Crippen MR) is 155 cm³/mol. The van der Waals surface area contributed by atoms with Gasteiger partial charge < -0.3 is 14.3 Å². The molecule has 206 valence electrons. The van der Waals surface area contributed by atoms with Gasteiger partial charge in [-0.15, -0.1) is 0 Å². The lowest BCUT2D eigenvalue weighted by Crippen LogP contribution is -2.45. The van der Waals surface area contributed by atoms with Crippen molar-refractivity contribution in [2.75, 3.05) is 18.2 Å². The average molecular weight is 556 g/mol. The van der Waals surface area contributed by atoms with E-state index in [9.17, 15) is 8.42 Å². The molecular formula is C29H41N3O4SSi. The topological polar surface area (TPSA) is 82.4 Å². The summed E-state index contributed by atoms with van der Waals surface area (Å²) in [7, 11) is -5.57. The van der Waals surface area contributed by atoms with Crippen LogP contribution in [-0.4, -0.2) is 45.3 Å². The van der Waals surface area contributed by atoms with Gasteiger partial charge >= 0.3 is 0 Å². The van der Waals surface area contributed by atoms with Gasteiger partial charge in [0.2, 0.25) is 0 Å². The van der Waals surface area contributed by atoms with Crippen LogP contribution in [0.1, 0.15) is 63.2 Å². The highest BCUT2D eigenvalue weighted by atomic mass is 32.2. The Morgan fingerprint density at radius 1 is 1.13 bits per heavy atom. The number of anilines is 1. The second-order valence-corrected chi connectivity index (χ2v) is 18.9. The minimum Gasteiger partial charge on any atom is -0.413 e. The fraction of sp³-hybridized carbons (Fsp3) is 0.552. The minimum absolute atomic E-state index is 0.00993. The standard InChI is InChI=1S/C29H41N3O4SSi/c1-29(2,3)38(5,6)36-27-18-22(17-21(27)19-35-37(4,33)34)32-16-14-24-26(32)13-15-30-28(24)31-25-12-11-20-9-7-8-10-23(20)25/h7-10,13-16,21-22,25,27H,11-12,17-19H2,1-6H3,(H,30,31)/t21-,22+,25-,27-/m0/s1. The van der Waals surface area contributed by atoms with Gasteiger partial charge in [-0.3, -0.25) is 4.18 Å². The summed E-state index contributed by atoms with van der Waals surface area (Å²) < 4.78 is 38.1. The van der Waals surface area contributed by atoms with Crippen molar-refractivity contribution < 1.29 is 17.0 Å². The third kappa shape index (κ3) is 5.57. The fourth-order valence-corrected chi connectivity index (χ4v) is 7.59. The molecule has 0 saturated heterocycles. The summed E-state index contributed by atoms with van der Waals surface area (Å²) in [6.07, 6.45) is 8.88. The zero-order chi connectivity index (χ0) is 27.3. The quantitative estimate of drug-likeness (QED) is 0.254. The molecule has 0 bridgehead atoms. The Kier molecular flexibility index (Phi) is 7.26. The van der Waals surface area contributed by atoms with E-state index < -0.39 is 18.4 Å². The highest BCUT2D eigenvalue weighted by Gasteiger charge is 2.44. The van der Waals surface area contributed by atoms with Crippen molar-refractivity contribution in [2.45, 2.75) is 82.8 Å². The monoisotopic (exact) mass is 555 g/mol. The van der Waals surface area contributed by atoms with Crippen LogP contribution in [0.4, 0.5) is 5.82 Å². The number of benzene rings is 1. The van der Waals surface area contributed by atoms with E-state index in [0.29, 0.717) is 0 Å².